The highest BCUT2D eigenvalue weighted by Gasteiger charge is 2.09. The van der Waals surface area contributed by atoms with E-state index in [2.05, 4.69) is 10.6 Å². The highest BCUT2D eigenvalue weighted by molar-refractivity contribution is 5.94. The molecule has 2 rings (SSSR count). The predicted octanol–water partition coefficient (Wildman–Crippen LogP) is 3.65. The number of amides is 2. The molecule has 2 aromatic rings. The Morgan fingerprint density at radius 3 is 2.11 bits per heavy atom. The van der Waals surface area contributed by atoms with Crippen molar-refractivity contribution >= 4 is 29.0 Å². The highest BCUT2D eigenvalue weighted by atomic mass is 16.5. The number of benzene rings is 2. The molecule has 0 fully saturated rings. The molecular formula is C21H24N2O5. The van der Waals surface area contributed by atoms with Gasteiger partial charge in [0, 0.05) is 30.3 Å². The van der Waals surface area contributed by atoms with E-state index in [0.29, 0.717) is 47.9 Å². The average Bonchev–Trinajstić information content (AvgIpc) is 2.66. The lowest BCUT2D eigenvalue weighted by Crippen LogP contribution is -2.13. The summed E-state index contributed by atoms with van der Waals surface area (Å²) in [7, 11) is 1.51. The van der Waals surface area contributed by atoms with Crippen LogP contribution in [0.15, 0.2) is 42.5 Å². The molecule has 0 aliphatic heterocycles. The number of hydrogen-bond acceptors (Lipinski definition) is 5. The number of ether oxygens (including phenoxy) is 2. The van der Waals surface area contributed by atoms with Crippen molar-refractivity contribution in [3.05, 3.63) is 48.0 Å². The summed E-state index contributed by atoms with van der Waals surface area (Å²) in [5.74, 6) is 0.684. The lowest BCUT2D eigenvalue weighted by Gasteiger charge is -2.11. The number of rotatable bonds is 9. The van der Waals surface area contributed by atoms with Gasteiger partial charge in [-0.1, -0.05) is 0 Å². The minimum Gasteiger partial charge on any atom is -0.493 e. The second-order valence-corrected chi connectivity index (χ2v) is 6.18. The molecule has 0 aliphatic rings. The highest BCUT2D eigenvalue weighted by Crippen LogP contribution is 2.28. The van der Waals surface area contributed by atoms with Crippen molar-refractivity contribution in [3.63, 3.8) is 0 Å². The van der Waals surface area contributed by atoms with E-state index in [1.807, 2.05) is 0 Å². The zero-order valence-electron chi connectivity index (χ0n) is 16.2. The monoisotopic (exact) mass is 384 g/mol. The maximum atomic E-state index is 12.0. The van der Waals surface area contributed by atoms with Crippen LogP contribution in [0.1, 0.15) is 37.0 Å². The van der Waals surface area contributed by atoms with Crippen LogP contribution in [0, 0.1) is 0 Å². The Bertz CT molecular complexity index is 846. The summed E-state index contributed by atoms with van der Waals surface area (Å²) < 4.78 is 10.9. The van der Waals surface area contributed by atoms with E-state index in [9.17, 15) is 14.4 Å². The molecule has 2 amide bonds. The van der Waals surface area contributed by atoms with Crippen LogP contribution in [0.2, 0.25) is 0 Å². The van der Waals surface area contributed by atoms with Gasteiger partial charge in [-0.2, -0.15) is 0 Å². The molecule has 0 heterocycles. The third-order valence-corrected chi connectivity index (χ3v) is 3.86. The van der Waals surface area contributed by atoms with Gasteiger partial charge in [0.1, 0.15) is 0 Å². The van der Waals surface area contributed by atoms with Gasteiger partial charge >= 0.3 is 0 Å². The molecule has 0 radical (unpaired) electrons. The van der Waals surface area contributed by atoms with Crippen molar-refractivity contribution in [2.24, 2.45) is 0 Å². The fraction of sp³-hybridized carbons (Fsp3) is 0.286. The Hall–Kier alpha value is -3.35. The molecular weight excluding hydrogens is 360 g/mol. The van der Waals surface area contributed by atoms with Crippen molar-refractivity contribution in [3.8, 4) is 11.5 Å². The first-order valence-electron chi connectivity index (χ1n) is 8.88. The van der Waals surface area contributed by atoms with Gasteiger partial charge in [0.05, 0.1) is 13.7 Å². The molecule has 0 spiro atoms. The Kier molecular flexibility index (Phi) is 7.56. The average molecular weight is 384 g/mol. The minimum atomic E-state index is -0.149. The minimum absolute atomic E-state index is 0.0494. The van der Waals surface area contributed by atoms with Gasteiger partial charge in [-0.25, -0.2) is 0 Å². The van der Waals surface area contributed by atoms with Gasteiger partial charge < -0.3 is 20.1 Å². The van der Waals surface area contributed by atoms with Gasteiger partial charge in [0.15, 0.2) is 17.3 Å². The van der Waals surface area contributed by atoms with E-state index >= 15 is 0 Å². The normalized spacial score (nSPS) is 10.1. The summed E-state index contributed by atoms with van der Waals surface area (Å²) in [5.41, 5.74) is 1.87. The number of nitrogens with one attached hydrogen (secondary N) is 2. The Morgan fingerprint density at radius 1 is 0.893 bits per heavy atom. The number of Topliss-reactive ketones (excluding diaryl/α,β-unsaturated/α-hetero) is 1. The maximum Gasteiger partial charge on any atom is 0.224 e. The number of ketones is 1. The number of carbonyl (C=O) groups excluding carboxylic acids is 3. The molecule has 0 saturated carbocycles. The molecule has 0 saturated heterocycles. The summed E-state index contributed by atoms with van der Waals surface area (Å²) in [6.07, 6.45) is 0.814. The van der Waals surface area contributed by atoms with E-state index in [4.69, 9.17) is 9.47 Å². The number of methoxy groups -OCH3 is 1. The van der Waals surface area contributed by atoms with E-state index in [1.54, 1.807) is 42.5 Å². The number of carbonyl (C=O) groups is 3. The maximum absolute atomic E-state index is 12.0. The van der Waals surface area contributed by atoms with Crippen LogP contribution in [0.5, 0.6) is 11.5 Å². The first-order chi connectivity index (χ1) is 13.4. The van der Waals surface area contributed by atoms with Gasteiger partial charge in [-0.15, -0.1) is 0 Å². The topological polar surface area (TPSA) is 93.7 Å². The molecule has 7 nitrogen and oxygen atoms in total. The van der Waals surface area contributed by atoms with Crippen molar-refractivity contribution < 1.29 is 23.9 Å². The van der Waals surface area contributed by atoms with Crippen LogP contribution < -0.4 is 20.1 Å². The fourth-order valence-electron chi connectivity index (χ4n) is 2.48. The quantitative estimate of drug-likeness (QED) is 0.508. The molecule has 7 heteroatoms. The van der Waals surface area contributed by atoms with Gasteiger partial charge in [0.25, 0.3) is 0 Å². The molecule has 28 heavy (non-hydrogen) atoms. The van der Waals surface area contributed by atoms with E-state index in [1.165, 1.54) is 21.0 Å². The first-order valence-corrected chi connectivity index (χ1v) is 8.88. The van der Waals surface area contributed by atoms with Crippen LogP contribution in [-0.2, 0) is 9.59 Å². The SMILES string of the molecule is COc1cc(C(C)=O)ccc1OCCCC(=O)Nc1ccc(NC(C)=O)cc1. The molecule has 0 aromatic heterocycles. The van der Waals surface area contributed by atoms with Crippen molar-refractivity contribution in [2.45, 2.75) is 26.7 Å². The predicted molar refractivity (Wildman–Crippen MR) is 107 cm³/mol. The molecule has 0 aliphatic carbocycles. The molecule has 0 atom stereocenters. The molecule has 148 valence electrons. The van der Waals surface area contributed by atoms with Crippen LogP contribution in [-0.4, -0.2) is 31.3 Å². The summed E-state index contributed by atoms with van der Waals surface area (Å²) in [6.45, 7) is 3.26. The van der Waals surface area contributed by atoms with E-state index in [0.717, 1.165) is 0 Å². The Labute approximate surface area is 164 Å². The van der Waals surface area contributed by atoms with Gasteiger partial charge in [-0.3, -0.25) is 14.4 Å². The second kappa shape index (κ2) is 10.1. The lowest BCUT2D eigenvalue weighted by atomic mass is 10.1. The Balaban J connectivity index is 1.78. The summed E-state index contributed by atoms with van der Waals surface area (Å²) in [6, 6.07) is 11.9. The summed E-state index contributed by atoms with van der Waals surface area (Å²) in [5, 5.41) is 5.46. The zero-order valence-corrected chi connectivity index (χ0v) is 16.2. The van der Waals surface area contributed by atoms with Gasteiger partial charge in [-0.05, 0) is 55.8 Å². The smallest absolute Gasteiger partial charge is 0.224 e. The fourth-order valence-corrected chi connectivity index (χ4v) is 2.48. The molecule has 2 aromatic carbocycles. The third-order valence-electron chi connectivity index (χ3n) is 3.86. The molecule has 0 bridgehead atoms. The van der Waals surface area contributed by atoms with E-state index < -0.39 is 0 Å². The number of hydrogen-bond donors (Lipinski definition) is 2. The largest absolute Gasteiger partial charge is 0.493 e. The van der Waals surface area contributed by atoms with E-state index in [-0.39, 0.29) is 17.6 Å². The van der Waals surface area contributed by atoms with Gasteiger partial charge in [0.2, 0.25) is 11.8 Å². The molecule has 2 N–H and O–H groups in total. The van der Waals surface area contributed by atoms with Crippen molar-refractivity contribution in [2.75, 3.05) is 24.4 Å². The number of anilines is 2. The second-order valence-electron chi connectivity index (χ2n) is 6.18. The summed E-state index contributed by atoms with van der Waals surface area (Å²) in [4.78, 5) is 34.4. The Morgan fingerprint density at radius 2 is 1.54 bits per heavy atom. The van der Waals surface area contributed by atoms with Crippen molar-refractivity contribution in [1.29, 1.82) is 0 Å². The standard InChI is InChI=1S/C21H24N2O5/c1-14(24)16-6-11-19(20(13-16)27-3)28-12-4-5-21(26)23-18-9-7-17(8-10-18)22-15(2)25/h6-11,13H,4-5,12H2,1-3H3,(H,22,25)(H,23,26). The third kappa shape index (κ3) is 6.42. The summed E-state index contributed by atoms with van der Waals surface area (Å²) >= 11 is 0. The lowest BCUT2D eigenvalue weighted by molar-refractivity contribution is -0.116. The molecule has 0 unspecified atom stereocenters. The van der Waals surface area contributed by atoms with Crippen LogP contribution in [0.4, 0.5) is 11.4 Å². The van der Waals surface area contributed by atoms with Crippen LogP contribution in [0.25, 0.3) is 0 Å². The zero-order chi connectivity index (χ0) is 20.5. The van der Waals surface area contributed by atoms with Crippen molar-refractivity contribution in [1.82, 2.24) is 0 Å². The van der Waals surface area contributed by atoms with Crippen LogP contribution >= 0.6 is 0 Å². The first kappa shape index (κ1) is 21.0. The van der Waals surface area contributed by atoms with Crippen LogP contribution in [0.3, 0.4) is 0 Å².